The van der Waals surface area contributed by atoms with Crippen LogP contribution in [-0.2, 0) is 22.7 Å². The lowest BCUT2D eigenvalue weighted by atomic mass is 10.2. The Morgan fingerprint density at radius 3 is 2.58 bits per heavy atom. The SMILES string of the molecule is CCOC(=O)c1sc2nc(COC(=O)c3ccc(COc4ccccc4)o3)nc(N)c2c1C. The molecule has 9 nitrogen and oxygen atoms in total. The molecule has 0 unspecified atom stereocenters. The van der Waals surface area contributed by atoms with E-state index in [9.17, 15) is 9.59 Å². The number of fused-ring (bicyclic) bond motifs is 1. The Hall–Kier alpha value is -3.92. The summed E-state index contributed by atoms with van der Waals surface area (Å²) >= 11 is 1.16. The topological polar surface area (TPSA) is 127 Å². The van der Waals surface area contributed by atoms with Gasteiger partial charge in [-0.3, -0.25) is 0 Å². The zero-order chi connectivity index (χ0) is 23.4. The van der Waals surface area contributed by atoms with Crippen LogP contribution in [0.1, 0.15) is 44.3 Å². The Bertz CT molecular complexity index is 1300. The summed E-state index contributed by atoms with van der Waals surface area (Å²) < 4.78 is 21.5. The van der Waals surface area contributed by atoms with Crippen molar-refractivity contribution in [2.75, 3.05) is 12.3 Å². The fraction of sp³-hybridized carbons (Fsp3) is 0.217. The number of nitrogen functional groups attached to an aromatic ring is 1. The normalized spacial score (nSPS) is 10.8. The van der Waals surface area contributed by atoms with Crippen molar-refractivity contribution < 1.29 is 28.2 Å². The number of nitrogens with zero attached hydrogens (tertiary/aromatic N) is 2. The number of esters is 2. The van der Waals surface area contributed by atoms with Gasteiger partial charge in [-0.1, -0.05) is 18.2 Å². The molecule has 0 aliphatic heterocycles. The fourth-order valence-corrected chi connectivity index (χ4v) is 4.21. The second-order valence-corrected chi connectivity index (χ2v) is 7.92. The van der Waals surface area contributed by atoms with Crippen LogP contribution in [0.25, 0.3) is 10.2 Å². The molecule has 0 saturated heterocycles. The molecule has 3 heterocycles. The second kappa shape index (κ2) is 9.70. The van der Waals surface area contributed by atoms with Gasteiger partial charge in [0.1, 0.15) is 33.6 Å². The van der Waals surface area contributed by atoms with Crippen LogP contribution >= 0.6 is 11.3 Å². The molecule has 3 aromatic heterocycles. The first-order chi connectivity index (χ1) is 16.0. The van der Waals surface area contributed by atoms with Crippen molar-refractivity contribution in [3.05, 3.63) is 70.3 Å². The third kappa shape index (κ3) is 4.96. The lowest BCUT2D eigenvalue weighted by Gasteiger charge is -2.05. The predicted octanol–water partition coefficient (Wildman–Crippen LogP) is 4.29. The summed E-state index contributed by atoms with van der Waals surface area (Å²) in [6.45, 7) is 3.73. The van der Waals surface area contributed by atoms with Crippen LogP contribution in [0.3, 0.4) is 0 Å². The average Bonchev–Trinajstić information content (AvgIpc) is 3.42. The first-order valence-electron chi connectivity index (χ1n) is 10.1. The summed E-state index contributed by atoms with van der Waals surface area (Å²) in [6.07, 6.45) is 0. The third-order valence-electron chi connectivity index (χ3n) is 4.64. The molecule has 4 rings (SSSR count). The predicted molar refractivity (Wildman–Crippen MR) is 121 cm³/mol. The average molecular weight is 468 g/mol. The van der Waals surface area contributed by atoms with Gasteiger partial charge in [0.15, 0.2) is 12.4 Å². The van der Waals surface area contributed by atoms with E-state index in [1.807, 2.05) is 30.3 Å². The van der Waals surface area contributed by atoms with Crippen LogP contribution in [0.2, 0.25) is 0 Å². The molecular weight excluding hydrogens is 446 g/mol. The molecule has 0 saturated carbocycles. The van der Waals surface area contributed by atoms with Crippen molar-refractivity contribution in [2.45, 2.75) is 27.1 Å². The molecule has 2 N–H and O–H groups in total. The number of thiophene rings is 1. The Morgan fingerprint density at radius 2 is 1.82 bits per heavy atom. The molecule has 0 amide bonds. The van der Waals surface area contributed by atoms with Gasteiger partial charge in [0.25, 0.3) is 0 Å². The number of benzene rings is 1. The summed E-state index contributed by atoms with van der Waals surface area (Å²) in [4.78, 5) is 34.0. The lowest BCUT2D eigenvalue weighted by molar-refractivity contribution is 0.0421. The highest BCUT2D eigenvalue weighted by Crippen LogP contribution is 2.33. The van der Waals surface area contributed by atoms with Crippen molar-refractivity contribution in [1.29, 1.82) is 0 Å². The standard InChI is InChI=1S/C23H21N3O6S/c1-3-29-23(28)19-13(2)18-20(24)25-17(26-21(18)33-19)12-31-22(27)16-10-9-15(32-16)11-30-14-7-5-4-6-8-14/h4-10H,3,11-12H2,1-2H3,(H2,24,25,26). The smallest absolute Gasteiger partial charge is 0.374 e. The van der Waals surface area contributed by atoms with Crippen molar-refractivity contribution in [3.63, 3.8) is 0 Å². The molecule has 0 atom stereocenters. The molecule has 0 spiro atoms. The van der Waals surface area contributed by atoms with E-state index in [1.54, 1.807) is 19.9 Å². The maximum Gasteiger partial charge on any atom is 0.374 e. The summed E-state index contributed by atoms with van der Waals surface area (Å²) in [6, 6.07) is 12.4. The van der Waals surface area contributed by atoms with Gasteiger partial charge in [-0.05, 0) is 43.7 Å². The number of aromatic nitrogens is 2. The number of nitrogens with two attached hydrogens (primary N) is 1. The number of para-hydroxylation sites is 1. The number of ether oxygens (including phenoxy) is 3. The number of aryl methyl sites for hydroxylation is 1. The van der Waals surface area contributed by atoms with Crippen molar-refractivity contribution in [2.24, 2.45) is 0 Å². The van der Waals surface area contributed by atoms with Crippen LogP contribution in [0.5, 0.6) is 5.75 Å². The molecule has 0 radical (unpaired) electrons. The minimum atomic E-state index is -0.669. The molecule has 0 aliphatic rings. The summed E-state index contributed by atoms with van der Waals surface area (Å²) in [7, 11) is 0. The van der Waals surface area contributed by atoms with E-state index in [-0.39, 0.29) is 37.2 Å². The van der Waals surface area contributed by atoms with Crippen LogP contribution in [0.15, 0.2) is 46.9 Å². The molecule has 33 heavy (non-hydrogen) atoms. The van der Waals surface area contributed by atoms with Gasteiger partial charge in [-0.2, -0.15) is 0 Å². The molecule has 0 fully saturated rings. The van der Waals surface area contributed by atoms with Gasteiger partial charge in [0, 0.05) is 0 Å². The fourth-order valence-electron chi connectivity index (χ4n) is 3.11. The Balaban J connectivity index is 1.41. The number of carbonyl (C=O) groups is 2. The zero-order valence-corrected chi connectivity index (χ0v) is 18.8. The highest BCUT2D eigenvalue weighted by atomic mass is 32.1. The molecule has 4 aromatic rings. The van der Waals surface area contributed by atoms with E-state index < -0.39 is 11.9 Å². The minimum absolute atomic E-state index is 0.0345. The Labute approximate surface area is 193 Å². The van der Waals surface area contributed by atoms with Gasteiger partial charge in [0.2, 0.25) is 5.76 Å². The minimum Gasteiger partial charge on any atom is -0.486 e. The highest BCUT2D eigenvalue weighted by molar-refractivity contribution is 7.20. The van der Waals surface area contributed by atoms with E-state index >= 15 is 0 Å². The maximum atomic E-state index is 12.4. The van der Waals surface area contributed by atoms with Crippen LogP contribution < -0.4 is 10.5 Å². The number of furan rings is 1. The van der Waals surface area contributed by atoms with Gasteiger partial charge in [-0.15, -0.1) is 11.3 Å². The number of hydrogen-bond acceptors (Lipinski definition) is 10. The lowest BCUT2D eigenvalue weighted by Crippen LogP contribution is -2.08. The third-order valence-corrected chi connectivity index (χ3v) is 5.81. The van der Waals surface area contributed by atoms with E-state index in [0.29, 0.717) is 32.2 Å². The summed E-state index contributed by atoms with van der Waals surface area (Å²) in [5.41, 5.74) is 6.74. The van der Waals surface area contributed by atoms with Crippen LogP contribution in [0, 0.1) is 6.92 Å². The largest absolute Gasteiger partial charge is 0.486 e. The molecular formula is C23H21N3O6S. The monoisotopic (exact) mass is 467 g/mol. The first-order valence-corrected chi connectivity index (χ1v) is 10.9. The molecule has 0 bridgehead atoms. The number of hydrogen-bond donors (Lipinski definition) is 1. The quantitative estimate of drug-likeness (QED) is 0.378. The van der Waals surface area contributed by atoms with E-state index in [4.69, 9.17) is 24.4 Å². The van der Waals surface area contributed by atoms with Gasteiger partial charge >= 0.3 is 11.9 Å². The number of anilines is 1. The van der Waals surface area contributed by atoms with Crippen LogP contribution in [0.4, 0.5) is 5.82 Å². The number of carbonyl (C=O) groups excluding carboxylic acids is 2. The van der Waals surface area contributed by atoms with Crippen molar-refractivity contribution in [1.82, 2.24) is 9.97 Å². The highest BCUT2D eigenvalue weighted by Gasteiger charge is 2.21. The van der Waals surface area contributed by atoms with Gasteiger partial charge in [0.05, 0.1) is 12.0 Å². The van der Waals surface area contributed by atoms with Crippen LogP contribution in [-0.4, -0.2) is 28.5 Å². The summed E-state index contributed by atoms with van der Waals surface area (Å²) in [5, 5.41) is 0.590. The van der Waals surface area contributed by atoms with E-state index in [1.165, 1.54) is 6.07 Å². The molecule has 10 heteroatoms. The van der Waals surface area contributed by atoms with Crippen molar-refractivity contribution >= 4 is 39.3 Å². The summed E-state index contributed by atoms with van der Waals surface area (Å²) in [5.74, 6) is 0.518. The molecule has 0 aliphatic carbocycles. The zero-order valence-electron chi connectivity index (χ0n) is 18.0. The second-order valence-electron chi connectivity index (χ2n) is 6.93. The first kappa shape index (κ1) is 22.3. The molecule has 1 aromatic carbocycles. The maximum absolute atomic E-state index is 12.4. The van der Waals surface area contributed by atoms with Gasteiger partial charge < -0.3 is 24.4 Å². The number of rotatable bonds is 8. The van der Waals surface area contributed by atoms with E-state index in [0.717, 1.165) is 11.3 Å². The Morgan fingerprint density at radius 1 is 1.03 bits per heavy atom. The van der Waals surface area contributed by atoms with E-state index in [2.05, 4.69) is 9.97 Å². The Kier molecular flexibility index (Phi) is 6.55. The van der Waals surface area contributed by atoms with Gasteiger partial charge in [-0.25, -0.2) is 19.6 Å². The van der Waals surface area contributed by atoms with Crippen molar-refractivity contribution in [3.8, 4) is 5.75 Å². The molecule has 170 valence electrons.